The number of hydrogen-bond donors (Lipinski definition) is 8. The number of nitrogens with one attached hydrogen (secondary N) is 1. The largest absolute Gasteiger partial charge is 0.547 e. The number of quaternary nitrogens is 2. The van der Waals surface area contributed by atoms with E-state index in [2.05, 4.69) is 11.9 Å². The molecule has 18 nitrogen and oxygen atoms in total. The maximum absolute atomic E-state index is 11.6. The number of carboxylic acid groups (broad SMARTS) is 2. The molecule has 18 heteroatoms. The van der Waals surface area contributed by atoms with Crippen LogP contribution < -0.4 is 21.1 Å². The van der Waals surface area contributed by atoms with Crippen LogP contribution in [-0.2, 0) is 23.9 Å². The molecule has 0 unspecified atom stereocenters. The molecule has 3 aliphatic rings. The van der Waals surface area contributed by atoms with Gasteiger partial charge in [0.2, 0.25) is 5.91 Å². The second-order valence-electron chi connectivity index (χ2n) is 13.5. The van der Waals surface area contributed by atoms with Crippen LogP contribution in [0, 0.1) is 0 Å². The minimum absolute atomic E-state index is 0. The lowest BCUT2D eigenvalue weighted by molar-refractivity contribution is -0.666. The second-order valence-corrected chi connectivity index (χ2v) is 13.5. The molecule has 0 aromatic heterocycles. The van der Waals surface area contributed by atoms with Crippen LogP contribution in [0.1, 0.15) is 68.2 Å². The molecule has 0 aromatic rings. The number of nitrogens with zero attached hydrogens (tertiary/aromatic N) is 2. The van der Waals surface area contributed by atoms with Crippen LogP contribution in [0.3, 0.4) is 0 Å². The first-order valence-corrected chi connectivity index (χ1v) is 15.6. The fourth-order valence-electron chi connectivity index (χ4n) is 4.34. The van der Waals surface area contributed by atoms with Gasteiger partial charge in [-0.05, 0) is 48.0 Å². The van der Waals surface area contributed by atoms with E-state index in [0.29, 0.717) is 39.0 Å². The average Bonchev–Trinajstić information content (AvgIpc) is 3.65. The van der Waals surface area contributed by atoms with E-state index in [1.807, 2.05) is 66.3 Å². The van der Waals surface area contributed by atoms with Crippen molar-refractivity contribution in [2.75, 3.05) is 40.3 Å². The Bertz CT molecular complexity index is 1040. The van der Waals surface area contributed by atoms with E-state index < -0.39 is 47.9 Å². The molecule has 3 rings (SSSR count). The molecule has 0 spiro atoms. The van der Waals surface area contributed by atoms with Crippen LogP contribution in [0.2, 0.25) is 0 Å². The number of ether oxygens (including phenoxy) is 2. The SMILES string of the molecule is C.C=C(O)[C@H]1CCC(=O)N1.C[NH2+][C@H]1CN(C(=O)OC(C)(C)C)C[C@@H]1O.C[NH2+][C@H]1CN(C(=O)OC(C)(C)C)C[C@@H]1O.O=C(O)C[C@H](O)C(=O)[O-]. The van der Waals surface area contributed by atoms with Crippen molar-refractivity contribution in [1.29, 1.82) is 0 Å². The highest BCUT2D eigenvalue weighted by Gasteiger charge is 2.38. The molecule has 286 valence electrons. The number of rotatable bonds is 6. The zero-order valence-corrected chi connectivity index (χ0v) is 29.2. The Hall–Kier alpha value is -3.71. The number of carbonyl (C=O) groups is 5. The highest BCUT2D eigenvalue weighted by Crippen LogP contribution is 2.15. The maximum atomic E-state index is 11.6. The van der Waals surface area contributed by atoms with Crippen molar-refractivity contribution in [2.24, 2.45) is 0 Å². The number of hydrogen-bond acceptors (Lipinski definition) is 12. The number of β-amino-alcohol motifs (C(OH)–C–C–N with tert-alkyl or cyclic N) is 2. The number of carboxylic acids is 2. The van der Waals surface area contributed by atoms with Crippen molar-refractivity contribution in [2.45, 2.75) is 116 Å². The van der Waals surface area contributed by atoms with Gasteiger partial charge in [-0.1, -0.05) is 14.0 Å². The summed E-state index contributed by atoms with van der Waals surface area (Å²) < 4.78 is 10.4. The number of aliphatic carboxylic acids is 2. The molecule has 3 fully saturated rings. The molecule has 3 aliphatic heterocycles. The minimum atomic E-state index is -1.90. The van der Waals surface area contributed by atoms with Crippen LogP contribution >= 0.6 is 0 Å². The first-order valence-electron chi connectivity index (χ1n) is 15.6. The number of aliphatic hydroxyl groups is 4. The standard InChI is InChI=1S/2C10H20N2O3.C6H9NO2.C4H6O5.CH4/c2*1-10(2,3)15-9(14)12-5-7(11-4)8(13)6-12;1-4(8)5-2-3-6(9)7-5;5-2(4(8)9)1-3(6)7;/h2*7-8,11,13H,5-6H2,1-4H3;5,8H,1-3H2,(H,7,9);2,5H,1H2,(H,6,7)(H,8,9);1H4/p+1/t2*7-,8-;5-;2-;/m0010./s1. The summed E-state index contributed by atoms with van der Waals surface area (Å²) in [5, 5.41) is 60.2. The van der Waals surface area contributed by atoms with Gasteiger partial charge in [0.15, 0.2) is 0 Å². The lowest BCUT2D eigenvalue weighted by atomic mass is 10.2. The Kier molecular flexibility index (Phi) is 20.7. The Balaban J connectivity index is 0. The van der Waals surface area contributed by atoms with Gasteiger partial charge >= 0.3 is 18.2 Å². The fourth-order valence-corrected chi connectivity index (χ4v) is 4.34. The van der Waals surface area contributed by atoms with Gasteiger partial charge in [0.05, 0.1) is 58.7 Å². The third-order valence-corrected chi connectivity index (χ3v) is 6.86. The lowest BCUT2D eigenvalue weighted by Crippen LogP contribution is -2.89. The number of aliphatic hydroxyl groups excluding tert-OH is 4. The van der Waals surface area contributed by atoms with Crippen molar-refractivity contribution in [1.82, 2.24) is 15.1 Å². The number of nitrogens with two attached hydrogens (primary N) is 2. The third-order valence-electron chi connectivity index (χ3n) is 6.86. The lowest BCUT2D eigenvalue weighted by Gasteiger charge is -2.23. The number of likely N-dealkylation sites (N-methyl/N-ethyl adjacent to an activating group) is 2. The molecule has 10 N–H and O–H groups in total. The summed E-state index contributed by atoms with van der Waals surface area (Å²) in [6, 6.07) is -0.0625. The molecule has 0 aliphatic carbocycles. The van der Waals surface area contributed by atoms with Crippen LogP contribution in [-0.4, -0.2) is 153 Å². The molecule has 3 amide bonds. The van der Waals surface area contributed by atoms with Gasteiger partial charge in [-0.2, -0.15) is 0 Å². The monoisotopic (exact) mass is 710 g/mol. The van der Waals surface area contributed by atoms with Gasteiger partial charge in [0.25, 0.3) is 0 Å². The van der Waals surface area contributed by atoms with E-state index in [9.17, 15) is 39.3 Å². The zero-order valence-electron chi connectivity index (χ0n) is 29.2. The first-order chi connectivity index (χ1) is 21.9. The van der Waals surface area contributed by atoms with Crippen LogP contribution in [0.5, 0.6) is 0 Å². The first kappa shape index (κ1) is 47.4. The van der Waals surface area contributed by atoms with Crippen molar-refractivity contribution in [3.8, 4) is 0 Å². The summed E-state index contributed by atoms with van der Waals surface area (Å²) in [5.74, 6) is -3.08. The number of carbonyl (C=O) groups excluding carboxylic acids is 4. The van der Waals surface area contributed by atoms with Crippen LogP contribution in [0.25, 0.3) is 0 Å². The third kappa shape index (κ3) is 19.8. The van der Waals surface area contributed by atoms with Gasteiger partial charge < -0.3 is 60.9 Å². The second kappa shape index (κ2) is 21.4. The molecule has 3 saturated heterocycles. The minimum Gasteiger partial charge on any atom is -0.547 e. The van der Waals surface area contributed by atoms with Gasteiger partial charge in [-0.15, -0.1) is 0 Å². The van der Waals surface area contributed by atoms with E-state index in [-0.39, 0.29) is 49.4 Å². The maximum Gasteiger partial charge on any atom is 0.410 e. The summed E-state index contributed by atoms with van der Waals surface area (Å²) in [5.41, 5.74) is -0.952. The van der Waals surface area contributed by atoms with E-state index in [0.717, 1.165) is 0 Å². The summed E-state index contributed by atoms with van der Waals surface area (Å²) >= 11 is 0. The number of amides is 3. The molecule has 3 heterocycles. The molecule has 0 saturated carbocycles. The number of likely N-dealkylation sites (tertiary alicyclic amines) is 2. The van der Waals surface area contributed by atoms with Gasteiger partial charge in [0.1, 0.15) is 47.4 Å². The molecule has 0 aromatic carbocycles. The predicted octanol–water partition coefficient (Wildman–Crippen LogP) is -3.14. The summed E-state index contributed by atoms with van der Waals surface area (Å²) in [6.45, 7) is 16.1. The smallest absolute Gasteiger partial charge is 0.410 e. The fraction of sp³-hybridized carbons (Fsp3) is 0.774. The summed E-state index contributed by atoms with van der Waals surface area (Å²) in [6.07, 6.45) is -3.13. The van der Waals surface area contributed by atoms with Crippen LogP contribution in [0.4, 0.5) is 9.59 Å². The Morgan fingerprint density at radius 1 is 0.898 bits per heavy atom. The quantitative estimate of drug-likeness (QED) is 0.127. The van der Waals surface area contributed by atoms with Crippen molar-refractivity contribution >= 4 is 30.0 Å². The molecule has 6 atom stereocenters. The molecule has 0 radical (unpaired) electrons. The van der Waals surface area contributed by atoms with Crippen molar-refractivity contribution in [3.05, 3.63) is 12.3 Å². The van der Waals surface area contributed by atoms with Gasteiger partial charge in [0, 0.05) is 6.42 Å². The van der Waals surface area contributed by atoms with E-state index >= 15 is 0 Å². The van der Waals surface area contributed by atoms with E-state index in [1.54, 1.807) is 9.80 Å². The van der Waals surface area contributed by atoms with Crippen LogP contribution in [0.15, 0.2) is 12.3 Å². The van der Waals surface area contributed by atoms with E-state index in [1.165, 1.54) is 0 Å². The average molecular weight is 711 g/mol. The molecular weight excluding hydrogens is 650 g/mol. The highest BCUT2D eigenvalue weighted by molar-refractivity contribution is 5.79. The Morgan fingerprint density at radius 3 is 1.47 bits per heavy atom. The van der Waals surface area contributed by atoms with Crippen molar-refractivity contribution in [3.63, 3.8) is 0 Å². The molecular formula is C31H60N5O13+. The molecule has 49 heavy (non-hydrogen) atoms. The van der Waals surface area contributed by atoms with Crippen molar-refractivity contribution < 1.29 is 74.7 Å². The summed E-state index contributed by atoms with van der Waals surface area (Å²) in [4.78, 5) is 56.2. The Labute approximate surface area is 288 Å². The zero-order chi connectivity index (χ0) is 37.6. The highest BCUT2D eigenvalue weighted by atomic mass is 16.6. The molecule has 0 bridgehead atoms. The predicted molar refractivity (Wildman–Crippen MR) is 174 cm³/mol. The normalized spacial score (nSPS) is 23.5. The summed E-state index contributed by atoms with van der Waals surface area (Å²) in [7, 11) is 3.79. The Morgan fingerprint density at radius 2 is 1.29 bits per heavy atom. The van der Waals surface area contributed by atoms with E-state index in [4.69, 9.17) is 24.8 Å². The van der Waals surface area contributed by atoms with Gasteiger partial charge in [-0.25, -0.2) is 9.59 Å². The topological polar surface area (TPSA) is 280 Å². The van der Waals surface area contributed by atoms with Gasteiger partial charge in [-0.3, -0.25) is 19.4 Å².